The van der Waals surface area contributed by atoms with Gasteiger partial charge >= 0.3 is 0 Å². The van der Waals surface area contributed by atoms with E-state index in [0.717, 1.165) is 26.6 Å². The largest absolute Gasteiger partial charge is 0.357 e. The quantitative estimate of drug-likeness (QED) is 0.244. The van der Waals surface area contributed by atoms with E-state index >= 15 is 0 Å². The van der Waals surface area contributed by atoms with Crippen LogP contribution in [0, 0.1) is 13.8 Å². The molecule has 0 heterocycles. The highest BCUT2D eigenvalue weighted by atomic mass is 35.5. The van der Waals surface area contributed by atoms with Gasteiger partial charge < -0.3 is 10.2 Å². The molecule has 218 valence electrons. The van der Waals surface area contributed by atoms with Crippen LogP contribution in [0.3, 0.4) is 0 Å². The molecule has 2 amide bonds. The number of carbonyl (C=O) groups is 2. The first-order valence-electron chi connectivity index (χ1n) is 13.5. The predicted octanol–water partition coefficient (Wildman–Crippen LogP) is 5.54. The third kappa shape index (κ3) is 7.38. The fourth-order valence-electron chi connectivity index (χ4n) is 4.67. The standard InChI is InChI=1S/C33H34ClN3O4S/c1-24-13-17-29(18-14-24)37(42(40,41)30-19-15-28(34)16-20-30)23-32(38)36(22-27-12-8-7-9-25(27)2)31(33(39)35-3)21-26-10-5-4-6-11-26/h4-20,31H,21-23H2,1-3H3,(H,35,39). The fourth-order valence-corrected chi connectivity index (χ4v) is 6.21. The van der Waals surface area contributed by atoms with E-state index in [1.807, 2.05) is 68.4 Å². The number of hydrogen-bond acceptors (Lipinski definition) is 4. The summed E-state index contributed by atoms with van der Waals surface area (Å²) in [5.74, 6) is -0.857. The highest BCUT2D eigenvalue weighted by Crippen LogP contribution is 2.26. The predicted molar refractivity (Wildman–Crippen MR) is 167 cm³/mol. The van der Waals surface area contributed by atoms with Crippen molar-refractivity contribution in [3.8, 4) is 0 Å². The van der Waals surface area contributed by atoms with E-state index in [0.29, 0.717) is 10.7 Å². The van der Waals surface area contributed by atoms with Crippen LogP contribution in [0.2, 0.25) is 5.02 Å². The molecule has 1 N–H and O–H groups in total. The smallest absolute Gasteiger partial charge is 0.264 e. The second-order valence-electron chi connectivity index (χ2n) is 10.1. The molecule has 4 aromatic carbocycles. The zero-order valence-electron chi connectivity index (χ0n) is 23.8. The molecule has 1 unspecified atom stereocenters. The fraction of sp³-hybridized carbons (Fsp3) is 0.212. The molecule has 0 saturated heterocycles. The Kier molecular flexibility index (Phi) is 10.0. The molecule has 0 spiro atoms. The summed E-state index contributed by atoms with van der Waals surface area (Å²) < 4.78 is 29.1. The van der Waals surface area contributed by atoms with Gasteiger partial charge in [-0.25, -0.2) is 8.42 Å². The Morgan fingerprint density at radius 1 is 0.833 bits per heavy atom. The number of rotatable bonds is 11. The number of aryl methyl sites for hydroxylation is 2. The van der Waals surface area contributed by atoms with Gasteiger partial charge in [-0.1, -0.05) is 83.9 Å². The normalized spacial score (nSPS) is 11.9. The Morgan fingerprint density at radius 2 is 1.45 bits per heavy atom. The summed E-state index contributed by atoms with van der Waals surface area (Å²) in [6, 6.07) is 28.9. The third-order valence-corrected chi connectivity index (χ3v) is 9.16. The molecule has 0 aliphatic rings. The molecular weight excluding hydrogens is 570 g/mol. The topological polar surface area (TPSA) is 86.8 Å². The zero-order chi connectivity index (χ0) is 30.3. The van der Waals surface area contributed by atoms with Crippen molar-refractivity contribution in [2.45, 2.75) is 37.8 Å². The van der Waals surface area contributed by atoms with Crippen molar-refractivity contribution >= 4 is 39.1 Å². The average molecular weight is 604 g/mol. The van der Waals surface area contributed by atoms with Crippen LogP contribution in [0.5, 0.6) is 0 Å². The molecule has 0 aliphatic heterocycles. The lowest BCUT2D eigenvalue weighted by Crippen LogP contribution is -2.53. The van der Waals surface area contributed by atoms with Crippen molar-refractivity contribution < 1.29 is 18.0 Å². The van der Waals surface area contributed by atoms with Crippen LogP contribution in [0.1, 0.15) is 22.3 Å². The highest BCUT2D eigenvalue weighted by molar-refractivity contribution is 7.92. The second kappa shape index (κ2) is 13.7. The molecule has 0 fully saturated rings. The average Bonchev–Trinajstić information content (AvgIpc) is 2.99. The van der Waals surface area contributed by atoms with Crippen LogP contribution in [-0.4, -0.2) is 44.8 Å². The van der Waals surface area contributed by atoms with Crippen LogP contribution in [0.25, 0.3) is 0 Å². The van der Waals surface area contributed by atoms with Gasteiger partial charge in [0.25, 0.3) is 10.0 Å². The number of sulfonamides is 1. The Bertz CT molecular complexity index is 1630. The van der Waals surface area contributed by atoms with Crippen LogP contribution < -0.4 is 9.62 Å². The van der Waals surface area contributed by atoms with Gasteiger partial charge in [-0.05, 0) is 66.9 Å². The first-order valence-corrected chi connectivity index (χ1v) is 15.4. The Morgan fingerprint density at radius 3 is 2.07 bits per heavy atom. The van der Waals surface area contributed by atoms with Crippen molar-refractivity contribution in [3.63, 3.8) is 0 Å². The summed E-state index contributed by atoms with van der Waals surface area (Å²) in [4.78, 5) is 29.1. The maximum atomic E-state index is 14.3. The number of halogens is 1. The van der Waals surface area contributed by atoms with Gasteiger partial charge in [0.1, 0.15) is 12.6 Å². The summed E-state index contributed by atoms with van der Waals surface area (Å²) in [6.07, 6.45) is 0.257. The van der Waals surface area contributed by atoms with Crippen molar-refractivity contribution in [1.82, 2.24) is 10.2 Å². The highest BCUT2D eigenvalue weighted by Gasteiger charge is 2.34. The molecule has 0 bridgehead atoms. The van der Waals surface area contributed by atoms with E-state index in [-0.39, 0.29) is 23.8 Å². The van der Waals surface area contributed by atoms with E-state index in [4.69, 9.17) is 11.6 Å². The Hall–Kier alpha value is -4.14. The van der Waals surface area contributed by atoms with Crippen molar-refractivity contribution in [1.29, 1.82) is 0 Å². The number of nitrogens with one attached hydrogen (secondary N) is 1. The van der Waals surface area contributed by atoms with E-state index < -0.39 is 28.5 Å². The first-order chi connectivity index (χ1) is 20.1. The van der Waals surface area contributed by atoms with Crippen LogP contribution in [-0.2, 0) is 32.6 Å². The minimum Gasteiger partial charge on any atom is -0.357 e. The monoisotopic (exact) mass is 603 g/mol. The van der Waals surface area contributed by atoms with Crippen molar-refractivity contribution in [2.75, 3.05) is 17.9 Å². The zero-order valence-corrected chi connectivity index (χ0v) is 25.4. The number of anilines is 1. The number of benzene rings is 4. The van der Waals surface area contributed by atoms with Crippen molar-refractivity contribution in [3.05, 3.63) is 130 Å². The van der Waals surface area contributed by atoms with E-state index in [1.54, 1.807) is 24.3 Å². The van der Waals surface area contributed by atoms with Gasteiger partial charge in [0.15, 0.2) is 0 Å². The number of hydrogen-bond donors (Lipinski definition) is 1. The Balaban J connectivity index is 1.79. The van der Waals surface area contributed by atoms with Gasteiger partial charge in [-0.2, -0.15) is 0 Å². The summed E-state index contributed by atoms with van der Waals surface area (Å²) in [5.41, 5.74) is 3.96. The lowest BCUT2D eigenvalue weighted by atomic mass is 10.0. The molecule has 42 heavy (non-hydrogen) atoms. The summed E-state index contributed by atoms with van der Waals surface area (Å²) in [5, 5.41) is 3.09. The number of carbonyl (C=O) groups excluding carboxylic acids is 2. The maximum absolute atomic E-state index is 14.3. The molecular formula is C33H34ClN3O4S. The van der Waals surface area contributed by atoms with E-state index in [9.17, 15) is 18.0 Å². The van der Waals surface area contributed by atoms with Gasteiger partial charge in [0, 0.05) is 25.0 Å². The summed E-state index contributed by atoms with van der Waals surface area (Å²) in [6.45, 7) is 3.45. The van der Waals surface area contributed by atoms with Crippen LogP contribution >= 0.6 is 11.6 Å². The van der Waals surface area contributed by atoms with E-state index in [1.165, 1.54) is 36.2 Å². The lowest BCUT2D eigenvalue weighted by molar-refractivity contribution is -0.139. The molecule has 1 atom stereocenters. The number of nitrogens with zero attached hydrogens (tertiary/aromatic N) is 2. The van der Waals surface area contributed by atoms with Gasteiger partial charge in [0.05, 0.1) is 10.6 Å². The Labute approximate surface area is 252 Å². The minimum absolute atomic E-state index is 0.00198. The molecule has 0 radical (unpaired) electrons. The second-order valence-corrected chi connectivity index (χ2v) is 12.4. The van der Waals surface area contributed by atoms with E-state index in [2.05, 4.69) is 5.32 Å². The molecule has 4 aromatic rings. The summed E-state index contributed by atoms with van der Waals surface area (Å²) >= 11 is 6.03. The molecule has 0 aromatic heterocycles. The lowest BCUT2D eigenvalue weighted by Gasteiger charge is -2.34. The summed E-state index contributed by atoms with van der Waals surface area (Å²) in [7, 11) is -2.65. The molecule has 9 heteroatoms. The van der Waals surface area contributed by atoms with Gasteiger partial charge in [-0.15, -0.1) is 0 Å². The number of amides is 2. The molecule has 7 nitrogen and oxygen atoms in total. The maximum Gasteiger partial charge on any atom is 0.264 e. The van der Waals surface area contributed by atoms with Crippen molar-refractivity contribution in [2.24, 2.45) is 0 Å². The minimum atomic E-state index is -4.18. The van der Waals surface area contributed by atoms with Crippen LogP contribution in [0.4, 0.5) is 5.69 Å². The van der Waals surface area contributed by atoms with Gasteiger partial charge in [-0.3, -0.25) is 13.9 Å². The number of likely N-dealkylation sites (N-methyl/N-ethyl adjacent to an activating group) is 1. The SMILES string of the molecule is CNC(=O)C(Cc1ccccc1)N(Cc1ccccc1C)C(=O)CN(c1ccc(C)cc1)S(=O)(=O)c1ccc(Cl)cc1. The van der Waals surface area contributed by atoms with Crippen LogP contribution in [0.15, 0.2) is 108 Å². The third-order valence-electron chi connectivity index (χ3n) is 7.12. The molecule has 4 rings (SSSR count). The molecule has 0 saturated carbocycles. The first kappa shape index (κ1) is 30.8. The molecule has 0 aliphatic carbocycles. The van der Waals surface area contributed by atoms with Gasteiger partial charge in [0.2, 0.25) is 11.8 Å².